The predicted molar refractivity (Wildman–Crippen MR) is 110 cm³/mol. The minimum Gasteiger partial charge on any atom is -0.484 e. The smallest absolute Gasteiger partial charge is 0.297 e. The van der Waals surface area contributed by atoms with Crippen LogP contribution in [0.1, 0.15) is 25.7 Å². The molecule has 1 atom stereocenters. The summed E-state index contributed by atoms with van der Waals surface area (Å²) in [5, 5.41) is 11.0. The number of aliphatic hydroxyl groups is 1. The number of halogens is 5. The Kier molecular flexibility index (Phi) is 8.89. The highest BCUT2D eigenvalue weighted by molar-refractivity contribution is 5.80. The number of carbonyl (C=O) groups excluding carboxylic acids is 1. The largest absolute Gasteiger partial charge is 0.484 e. The Bertz CT molecular complexity index is 982. The van der Waals surface area contributed by atoms with Crippen molar-refractivity contribution in [3.63, 3.8) is 0 Å². The van der Waals surface area contributed by atoms with Gasteiger partial charge >= 0.3 is 0 Å². The molecule has 1 aromatic carbocycles. The Morgan fingerprint density at radius 2 is 1.91 bits per heavy atom. The number of hydrogen-bond donors (Lipinski definition) is 2. The molecule has 1 aromatic heterocycles. The van der Waals surface area contributed by atoms with E-state index in [1.165, 1.54) is 11.6 Å². The molecule has 2 N–H and O–H groups in total. The zero-order valence-electron chi connectivity index (χ0n) is 18.4. The first-order valence-corrected chi connectivity index (χ1v) is 10.7. The van der Waals surface area contributed by atoms with E-state index in [9.17, 15) is 26.7 Å². The van der Waals surface area contributed by atoms with Gasteiger partial charge in [0.1, 0.15) is 37.0 Å². The Labute approximate surface area is 192 Å². The molecule has 8 nitrogen and oxygen atoms in total. The van der Waals surface area contributed by atoms with Gasteiger partial charge < -0.3 is 24.6 Å². The van der Waals surface area contributed by atoms with Gasteiger partial charge in [-0.2, -0.15) is 4.98 Å². The Balaban J connectivity index is 1.59. The van der Waals surface area contributed by atoms with Crippen LogP contribution in [0, 0.1) is 11.6 Å². The van der Waals surface area contributed by atoms with Crippen molar-refractivity contribution in [2.45, 2.75) is 50.4 Å². The molecule has 1 aliphatic rings. The molecule has 1 amide bonds. The fourth-order valence-electron chi connectivity index (χ4n) is 3.74. The minimum absolute atomic E-state index is 0.0348. The van der Waals surface area contributed by atoms with Gasteiger partial charge in [-0.15, -0.1) is 0 Å². The summed E-state index contributed by atoms with van der Waals surface area (Å²) in [4.78, 5) is 15.2. The van der Waals surface area contributed by atoms with E-state index in [-0.39, 0.29) is 35.9 Å². The number of hydrogen-bond acceptors (Lipinski definition) is 6. The number of alkyl halides is 3. The third kappa shape index (κ3) is 6.26. The molecule has 34 heavy (non-hydrogen) atoms. The van der Waals surface area contributed by atoms with Gasteiger partial charge in [-0.05, 0) is 25.7 Å². The summed E-state index contributed by atoms with van der Waals surface area (Å²) in [5.74, 6) is -3.28. The van der Waals surface area contributed by atoms with Crippen molar-refractivity contribution in [3.05, 3.63) is 17.7 Å². The second kappa shape index (κ2) is 11.6. The van der Waals surface area contributed by atoms with Crippen LogP contribution < -0.4 is 14.8 Å². The second-order valence-corrected chi connectivity index (χ2v) is 7.95. The molecule has 0 spiro atoms. The molecule has 0 aliphatic heterocycles. The Hall–Kier alpha value is -2.67. The fourth-order valence-corrected chi connectivity index (χ4v) is 3.74. The number of rotatable bonds is 11. The van der Waals surface area contributed by atoms with E-state index < -0.39 is 55.6 Å². The standard InChI is InChI=1S/C21H26F5N3O5/c1-29-20-18(26)15(33-10-16(24)25)6-14(23)19(20)28-21(29)34-13-4-2-12(3-5-13)32-9-11(7-22)27-17(31)8-30/h6,11-13,16,30H,2-5,7-10H2,1H3,(H,27,31)/t11-,12?,13?/m0/s1. The van der Waals surface area contributed by atoms with Crippen LogP contribution in [-0.2, 0) is 16.6 Å². The number of aryl methyl sites for hydroxylation is 1. The number of imidazole rings is 1. The molecule has 0 saturated heterocycles. The van der Waals surface area contributed by atoms with Crippen molar-refractivity contribution in [2.75, 3.05) is 26.5 Å². The third-order valence-corrected chi connectivity index (χ3v) is 5.45. The van der Waals surface area contributed by atoms with Crippen LogP contribution in [0.5, 0.6) is 11.8 Å². The van der Waals surface area contributed by atoms with Crippen LogP contribution in [-0.4, -0.2) is 71.7 Å². The molecular weight excluding hydrogens is 469 g/mol. The normalized spacial score (nSPS) is 19.4. The van der Waals surface area contributed by atoms with Crippen LogP contribution in [0.15, 0.2) is 6.07 Å². The molecule has 1 fully saturated rings. The van der Waals surface area contributed by atoms with Gasteiger partial charge in [0.2, 0.25) is 5.91 Å². The molecule has 1 heterocycles. The maximum atomic E-state index is 14.7. The van der Waals surface area contributed by atoms with Crippen molar-refractivity contribution in [3.8, 4) is 11.8 Å². The number of benzene rings is 1. The maximum absolute atomic E-state index is 14.7. The lowest BCUT2D eigenvalue weighted by molar-refractivity contribution is -0.125. The fraction of sp³-hybridized carbons (Fsp3) is 0.619. The zero-order valence-corrected chi connectivity index (χ0v) is 18.4. The van der Waals surface area contributed by atoms with E-state index >= 15 is 0 Å². The van der Waals surface area contributed by atoms with Crippen LogP contribution in [0.2, 0.25) is 0 Å². The molecule has 0 radical (unpaired) electrons. The average Bonchev–Trinajstić information content (AvgIpc) is 3.15. The summed E-state index contributed by atoms with van der Waals surface area (Å²) in [5.41, 5.74) is -0.572. The zero-order chi connectivity index (χ0) is 24.8. The molecule has 2 aromatic rings. The van der Waals surface area contributed by atoms with E-state index in [2.05, 4.69) is 15.0 Å². The van der Waals surface area contributed by atoms with Gasteiger partial charge in [-0.1, -0.05) is 0 Å². The topological polar surface area (TPSA) is 94.8 Å². The summed E-state index contributed by atoms with van der Waals surface area (Å²) in [6, 6.07) is -0.215. The number of nitrogens with one attached hydrogen (secondary N) is 1. The molecular formula is C21H26F5N3O5. The average molecular weight is 495 g/mol. The number of ether oxygens (including phenoxy) is 3. The monoisotopic (exact) mass is 495 g/mol. The first kappa shape index (κ1) is 25.9. The quantitative estimate of drug-likeness (QED) is 0.466. The van der Waals surface area contributed by atoms with E-state index in [0.717, 1.165) is 0 Å². The van der Waals surface area contributed by atoms with Crippen LogP contribution in [0.3, 0.4) is 0 Å². The van der Waals surface area contributed by atoms with E-state index in [4.69, 9.17) is 14.6 Å². The van der Waals surface area contributed by atoms with Gasteiger partial charge in [0.15, 0.2) is 17.4 Å². The number of nitrogens with zero attached hydrogens (tertiary/aromatic N) is 2. The highest BCUT2D eigenvalue weighted by Gasteiger charge is 2.27. The van der Waals surface area contributed by atoms with Crippen LogP contribution in [0.25, 0.3) is 11.0 Å². The number of aromatic nitrogens is 2. The Morgan fingerprint density at radius 1 is 1.24 bits per heavy atom. The number of amides is 1. The highest BCUT2D eigenvalue weighted by atomic mass is 19.3. The van der Waals surface area contributed by atoms with E-state index in [1.54, 1.807) is 0 Å². The SMILES string of the molecule is Cn1c(OC2CCC(OC[C@H](CF)NC(=O)CO)CC2)nc2c(F)cc(OCC(F)F)c(F)c21. The summed E-state index contributed by atoms with van der Waals surface area (Å²) >= 11 is 0. The minimum atomic E-state index is -2.84. The van der Waals surface area contributed by atoms with Gasteiger partial charge in [0.25, 0.3) is 12.4 Å². The molecule has 3 rings (SSSR count). The molecule has 0 unspecified atom stereocenters. The lowest BCUT2D eigenvalue weighted by Crippen LogP contribution is -2.42. The maximum Gasteiger partial charge on any atom is 0.297 e. The predicted octanol–water partition coefficient (Wildman–Crippen LogP) is 2.65. The van der Waals surface area contributed by atoms with Gasteiger partial charge in [0.05, 0.1) is 18.8 Å². The van der Waals surface area contributed by atoms with Gasteiger partial charge in [-0.3, -0.25) is 9.36 Å². The molecule has 190 valence electrons. The lowest BCUT2D eigenvalue weighted by atomic mass is 9.95. The summed E-state index contributed by atoms with van der Waals surface area (Å²) in [6.07, 6.45) is -1.15. The molecule has 13 heteroatoms. The molecule has 1 aliphatic carbocycles. The third-order valence-electron chi connectivity index (χ3n) is 5.45. The Morgan fingerprint density at radius 3 is 2.53 bits per heavy atom. The van der Waals surface area contributed by atoms with Crippen molar-refractivity contribution < 1.29 is 46.1 Å². The summed E-state index contributed by atoms with van der Waals surface area (Å²) in [6.45, 7) is -2.69. The van der Waals surface area contributed by atoms with Crippen molar-refractivity contribution >= 4 is 16.9 Å². The highest BCUT2D eigenvalue weighted by Crippen LogP contribution is 2.33. The van der Waals surface area contributed by atoms with Gasteiger partial charge in [0, 0.05) is 13.1 Å². The number of carbonyl (C=O) groups is 1. The summed E-state index contributed by atoms with van der Waals surface area (Å²) in [7, 11) is 1.41. The number of fused-ring (bicyclic) bond motifs is 1. The molecule has 1 saturated carbocycles. The first-order chi connectivity index (χ1) is 16.2. The van der Waals surface area contributed by atoms with Gasteiger partial charge in [-0.25, -0.2) is 22.0 Å². The summed E-state index contributed by atoms with van der Waals surface area (Å²) < 4.78 is 84.3. The van der Waals surface area contributed by atoms with E-state index in [0.29, 0.717) is 31.7 Å². The van der Waals surface area contributed by atoms with E-state index in [1.807, 2.05) is 0 Å². The lowest BCUT2D eigenvalue weighted by Gasteiger charge is -2.29. The number of aliphatic hydroxyl groups excluding tert-OH is 1. The van der Waals surface area contributed by atoms with Crippen molar-refractivity contribution in [1.82, 2.24) is 14.9 Å². The van der Waals surface area contributed by atoms with Crippen LogP contribution >= 0.6 is 0 Å². The molecule has 0 bridgehead atoms. The van der Waals surface area contributed by atoms with Crippen molar-refractivity contribution in [2.24, 2.45) is 7.05 Å². The van der Waals surface area contributed by atoms with Crippen molar-refractivity contribution in [1.29, 1.82) is 0 Å². The second-order valence-electron chi connectivity index (χ2n) is 7.95. The van der Waals surface area contributed by atoms with Crippen LogP contribution in [0.4, 0.5) is 22.0 Å². The first-order valence-electron chi connectivity index (χ1n) is 10.7.